The average molecular weight is 370 g/mol. The summed E-state index contributed by atoms with van der Waals surface area (Å²) in [6, 6.07) is 13.7. The maximum absolute atomic E-state index is 12.7. The van der Waals surface area contributed by atoms with E-state index in [2.05, 4.69) is 11.8 Å². The van der Waals surface area contributed by atoms with E-state index in [0.717, 1.165) is 34.9 Å². The Bertz CT molecular complexity index is 794. The number of fused-ring (bicyclic) bond motifs is 1. The fraction of sp³-hybridized carbons (Fsp3) is 0.381. The number of ether oxygens (including phenoxy) is 3. The maximum atomic E-state index is 12.7. The SMILES string of the molecule is CCN(CC(=O)N(C)Cc1ccccc1OC)Cc1ccc2c(c1)OCO2. The van der Waals surface area contributed by atoms with Gasteiger partial charge in [0.1, 0.15) is 5.75 Å². The lowest BCUT2D eigenvalue weighted by molar-refractivity contribution is -0.131. The van der Waals surface area contributed by atoms with Gasteiger partial charge >= 0.3 is 0 Å². The molecule has 0 unspecified atom stereocenters. The minimum Gasteiger partial charge on any atom is -0.496 e. The summed E-state index contributed by atoms with van der Waals surface area (Å²) >= 11 is 0. The summed E-state index contributed by atoms with van der Waals surface area (Å²) in [5.74, 6) is 2.41. The molecular weight excluding hydrogens is 344 g/mol. The number of para-hydroxylation sites is 1. The number of hydrogen-bond acceptors (Lipinski definition) is 5. The highest BCUT2D eigenvalue weighted by Crippen LogP contribution is 2.32. The minimum absolute atomic E-state index is 0.0727. The van der Waals surface area contributed by atoms with Gasteiger partial charge in [0, 0.05) is 25.7 Å². The highest BCUT2D eigenvalue weighted by atomic mass is 16.7. The summed E-state index contributed by atoms with van der Waals surface area (Å²) in [6.45, 7) is 4.66. The second-order valence-corrected chi connectivity index (χ2v) is 6.55. The van der Waals surface area contributed by atoms with Crippen LogP contribution in [0, 0.1) is 0 Å². The molecule has 0 bridgehead atoms. The van der Waals surface area contributed by atoms with Gasteiger partial charge in [-0.3, -0.25) is 9.69 Å². The fourth-order valence-electron chi connectivity index (χ4n) is 3.07. The highest BCUT2D eigenvalue weighted by molar-refractivity contribution is 5.78. The second kappa shape index (κ2) is 8.77. The smallest absolute Gasteiger partial charge is 0.236 e. The molecule has 0 fully saturated rings. The van der Waals surface area contributed by atoms with Crippen molar-refractivity contribution >= 4 is 5.91 Å². The van der Waals surface area contributed by atoms with Crippen LogP contribution in [0.3, 0.4) is 0 Å². The van der Waals surface area contributed by atoms with E-state index in [1.165, 1.54) is 0 Å². The molecule has 0 spiro atoms. The molecule has 3 rings (SSSR count). The molecule has 0 saturated carbocycles. The Hall–Kier alpha value is -2.73. The van der Waals surface area contributed by atoms with E-state index in [4.69, 9.17) is 14.2 Å². The number of methoxy groups -OCH3 is 1. The summed E-state index contributed by atoms with van der Waals surface area (Å²) in [7, 11) is 3.47. The lowest BCUT2D eigenvalue weighted by atomic mass is 10.1. The zero-order chi connectivity index (χ0) is 19.2. The van der Waals surface area contributed by atoms with Crippen molar-refractivity contribution in [3.05, 3.63) is 53.6 Å². The predicted octanol–water partition coefficient (Wildman–Crippen LogP) is 2.90. The lowest BCUT2D eigenvalue weighted by Gasteiger charge is -2.24. The van der Waals surface area contributed by atoms with Crippen molar-refractivity contribution in [2.75, 3.05) is 34.0 Å². The Morgan fingerprint density at radius 2 is 1.89 bits per heavy atom. The van der Waals surface area contributed by atoms with E-state index in [1.54, 1.807) is 12.0 Å². The van der Waals surface area contributed by atoms with Crippen molar-refractivity contribution in [1.29, 1.82) is 0 Å². The third kappa shape index (κ3) is 4.71. The van der Waals surface area contributed by atoms with E-state index >= 15 is 0 Å². The van der Waals surface area contributed by atoms with Gasteiger partial charge in [-0.15, -0.1) is 0 Å². The molecule has 1 aliphatic rings. The van der Waals surface area contributed by atoms with Crippen molar-refractivity contribution < 1.29 is 19.0 Å². The first-order chi connectivity index (χ1) is 13.1. The van der Waals surface area contributed by atoms with Gasteiger partial charge < -0.3 is 19.1 Å². The van der Waals surface area contributed by atoms with Crippen LogP contribution in [0.5, 0.6) is 17.2 Å². The van der Waals surface area contributed by atoms with Crippen molar-refractivity contribution in [3.8, 4) is 17.2 Å². The Morgan fingerprint density at radius 1 is 1.11 bits per heavy atom. The third-order valence-electron chi connectivity index (χ3n) is 4.68. The van der Waals surface area contributed by atoms with Crippen LogP contribution in [-0.2, 0) is 17.9 Å². The first kappa shape index (κ1) is 19.0. The Balaban J connectivity index is 1.59. The molecule has 0 N–H and O–H groups in total. The van der Waals surface area contributed by atoms with E-state index in [1.807, 2.05) is 49.5 Å². The van der Waals surface area contributed by atoms with Crippen LogP contribution in [0.15, 0.2) is 42.5 Å². The van der Waals surface area contributed by atoms with E-state index in [0.29, 0.717) is 19.6 Å². The second-order valence-electron chi connectivity index (χ2n) is 6.55. The molecule has 0 aromatic heterocycles. The number of nitrogens with zero attached hydrogens (tertiary/aromatic N) is 2. The summed E-state index contributed by atoms with van der Waals surface area (Å²) < 4.78 is 16.2. The number of benzene rings is 2. The molecule has 0 saturated heterocycles. The Morgan fingerprint density at radius 3 is 2.67 bits per heavy atom. The molecule has 0 aliphatic carbocycles. The van der Waals surface area contributed by atoms with Gasteiger partial charge in [0.05, 0.1) is 13.7 Å². The predicted molar refractivity (Wildman–Crippen MR) is 103 cm³/mol. The van der Waals surface area contributed by atoms with Crippen LogP contribution in [0.2, 0.25) is 0 Å². The van der Waals surface area contributed by atoms with Crippen LogP contribution in [0.25, 0.3) is 0 Å². The topological polar surface area (TPSA) is 51.2 Å². The van der Waals surface area contributed by atoms with Gasteiger partial charge in [-0.2, -0.15) is 0 Å². The molecule has 2 aromatic rings. The highest BCUT2D eigenvalue weighted by Gasteiger charge is 2.17. The first-order valence-corrected chi connectivity index (χ1v) is 9.07. The van der Waals surface area contributed by atoms with Crippen LogP contribution in [0.1, 0.15) is 18.1 Å². The molecular formula is C21H26N2O4. The largest absolute Gasteiger partial charge is 0.496 e. The molecule has 1 amide bonds. The van der Waals surface area contributed by atoms with E-state index < -0.39 is 0 Å². The van der Waals surface area contributed by atoms with E-state index in [9.17, 15) is 4.79 Å². The molecule has 0 atom stereocenters. The number of rotatable bonds is 8. The molecule has 1 heterocycles. The number of likely N-dealkylation sites (N-methyl/N-ethyl adjacent to an activating group) is 2. The zero-order valence-corrected chi connectivity index (χ0v) is 16.1. The van der Waals surface area contributed by atoms with Crippen LogP contribution in [-0.4, -0.2) is 49.7 Å². The molecule has 27 heavy (non-hydrogen) atoms. The van der Waals surface area contributed by atoms with Gasteiger partial charge in [0.25, 0.3) is 0 Å². The number of amides is 1. The number of carbonyl (C=O) groups is 1. The standard InChI is InChI=1S/C21H26N2O4/c1-4-23(12-16-9-10-19-20(11-16)27-15-26-19)14-21(24)22(2)13-17-7-5-6-8-18(17)25-3/h5-11H,4,12-15H2,1-3H3. The Labute approximate surface area is 160 Å². The van der Waals surface area contributed by atoms with Crippen molar-refractivity contribution in [1.82, 2.24) is 9.80 Å². The van der Waals surface area contributed by atoms with Crippen LogP contribution < -0.4 is 14.2 Å². The third-order valence-corrected chi connectivity index (χ3v) is 4.68. The number of hydrogen-bond donors (Lipinski definition) is 0. The average Bonchev–Trinajstić information content (AvgIpc) is 3.15. The number of carbonyl (C=O) groups excluding carboxylic acids is 1. The molecule has 6 heteroatoms. The van der Waals surface area contributed by atoms with Crippen LogP contribution in [0.4, 0.5) is 0 Å². The maximum Gasteiger partial charge on any atom is 0.236 e. The normalized spacial score (nSPS) is 12.3. The first-order valence-electron chi connectivity index (χ1n) is 9.07. The van der Waals surface area contributed by atoms with Gasteiger partial charge in [-0.25, -0.2) is 0 Å². The van der Waals surface area contributed by atoms with Gasteiger partial charge in [-0.1, -0.05) is 31.2 Å². The summed E-state index contributed by atoms with van der Waals surface area (Å²) in [5, 5.41) is 0. The van der Waals surface area contributed by atoms with Crippen LogP contribution >= 0.6 is 0 Å². The lowest BCUT2D eigenvalue weighted by Crippen LogP contribution is -2.37. The molecule has 2 aromatic carbocycles. The summed E-state index contributed by atoms with van der Waals surface area (Å²) in [4.78, 5) is 16.5. The van der Waals surface area contributed by atoms with Gasteiger partial charge in [0.15, 0.2) is 11.5 Å². The van der Waals surface area contributed by atoms with Crippen molar-refractivity contribution in [2.45, 2.75) is 20.0 Å². The minimum atomic E-state index is 0.0727. The molecule has 6 nitrogen and oxygen atoms in total. The van der Waals surface area contributed by atoms with Crippen molar-refractivity contribution in [3.63, 3.8) is 0 Å². The zero-order valence-electron chi connectivity index (χ0n) is 16.1. The van der Waals surface area contributed by atoms with Crippen molar-refractivity contribution in [2.24, 2.45) is 0 Å². The monoisotopic (exact) mass is 370 g/mol. The molecule has 1 aliphatic heterocycles. The summed E-state index contributed by atoms with van der Waals surface area (Å²) in [6.07, 6.45) is 0. The Kier molecular flexibility index (Phi) is 6.19. The molecule has 0 radical (unpaired) electrons. The fourth-order valence-corrected chi connectivity index (χ4v) is 3.07. The van der Waals surface area contributed by atoms with Gasteiger partial charge in [0.2, 0.25) is 12.7 Å². The molecule has 144 valence electrons. The quantitative estimate of drug-likeness (QED) is 0.715. The van der Waals surface area contributed by atoms with E-state index in [-0.39, 0.29) is 12.7 Å². The van der Waals surface area contributed by atoms with Gasteiger partial charge in [-0.05, 0) is 30.3 Å². The summed E-state index contributed by atoms with van der Waals surface area (Å²) in [5.41, 5.74) is 2.09.